The topological polar surface area (TPSA) is 50.7 Å². The normalized spacial score (nSPS) is 13.2. The molecular formula is C17H13F3N2O2. The first-order valence-corrected chi connectivity index (χ1v) is 7.14. The first-order valence-electron chi connectivity index (χ1n) is 7.14. The van der Waals surface area contributed by atoms with Gasteiger partial charge < -0.3 is 10.1 Å². The fourth-order valence-electron chi connectivity index (χ4n) is 2.63. The number of carbonyl (C=O) groups excluding carboxylic acids is 1. The highest BCUT2D eigenvalue weighted by atomic mass is 19.4. The number of anilines is 1. The molecule has 2 aromatic rings. The first-order chi connectivity index (χ1) is 11.4. The van der Waals surface area contributed by atoms with Gasteiger partial charge in [-0.25, -0.2) is 0 Å². The minimum absolute atomic E-state index is 0.285. The second kappa shape index (κ2) is 5.99. The number of nitrogens with one attached hydrogen (secondary N) is 1. The molecule has 1 N–H and O–H groups in total. The zero-order valence-electron chi connectivity index (χ0n) is 12.6. The van der Waals surface area contributed by atoms with Gasteiger partial charge in [0.05, 0.1) is 17.9 Å². The van der Waals surface area contributed by atoms with Crippen LogP contribution in [0.1, 0.15) is 15.9 Å². The summed E-state index contributed by atoms with van der Waals surface area (Å²) in [7, 11) is 0. The highest BCUT2D eigenvalue weighted by molar-refractivity contribution is 6.00. The molecule has 0 saturated heterocycles. The van der Waals surface area contributed by atoms with Crippen molar-refractivity contribution in [2.24, 2.45) is 4.99 Å². The lowest BCUT2D eigenvalue weighted by Crippen LogP contribution is -2.17. The van der Waals surface area contributed by atoms with Crippen LogP contribution in [0.2, 0.25) is 0 Å². The fourth-order valence-corrected chi connectivity index (χ4v) is 2.63. The second-order valence-corrected chi connectivity index (χ2v) is 5.26. The SMILES string of the molecule is Cc1cc(-c2ccc(OC(F)(F)F)cc2)c2c(c1C=O)N=CCN2. The van der Waals surface area contributed by atoms with Gasteiger partial charge in [-0.15, -0.1) is 13.2 Å². The zero-order valence-corrected chi connectivity index (χ0v) is 12.6. The van der Waals surface area contributed by atoms with E-state index in [2.05, 4.69) is 15.0 Å². The Hall–Kier alpha value is -2.83. The number of halogens is 3. The molecule has 7 heteroatoms. The number of aryl methyl sites for hydroxylation is 1. The van der Waals surface area contributed by atoms with Gasteiger partial charge in [-0.3, -0.25) is 9.79 Å². The van der Waals surface area contributed by atoms with Crippen LogP contribution in [0.5, 0.6) is 5.75 Å². The van der Waals surface area contributed by atoms with Gasteiger partial charge in [-0.05, 0) is 36.2 Å². The predicted octanol–water partition coefficient (Wildman–Crippen LogP) is 4.50. The van der Waals surface area contributed by atoms with Gasteiger partial charge in [0.2, 0.25) is 0 Å². The Morgan fingerprint density at radius 3 is 2.58 bits per heavy atom. The molecule has 0 aliphatic carbocycles. The largest absolute Gasteiger partial charge is 0.573 e. The quantitative estimate of drug-likeness (QED) is 0.841. The summed E-state index contributed by atoms with van der Waals surface area (Å²) in [6.45, 7) is 2.30. The molecule has 1 aliphatic rings. The van der Waals surface area contributed by atoms with Crippen LogP contribution in [0, 0.1) is 6.92 Å². The molecule has 0 radical (unpaired) electrons. The molecule has 0 atom stereocenters. The van der Waals surface area contributed by atoms with Gasteiger partial charge in [-0.2, -0.15) is 0 Å². The Balaban J connectivity index is 2.05. The number of aliphatic imine (C=N–C) groups is 1. The summed E-state index contributed by atoms with van der Waals surface area (Å²) in [6.07, 6.45) is -2.31. The van der Waals surface area contributed by atoms with Gasteiger partial charge in [0.15, 0.2) is 6.29 Å². The van der Waals surface area contributed by atoms with Crippen LogP contribution in [0.15, 0.2) is 35.3 Å². The van der Waals surface area contributed by atoms with Crippen molar-refractivity contribution >= 4 is 23.9 Å². The van der Waals surface area contributed by atoms with Crippen LogP contribution >= 0.6 is 0 Å². The molecule has 124 valence electrons. The highest BCUT2D eigenvalue weighted by Crippen LogP contribution is 2.41. The average Bonchev–Trinajstić information content (AvgIpc) is 2.53. The number of nitrogens with zero attached hydrogens (tertiary/aromatic N) is 1. The lowest BCUT2D eigenvalue weighted by molar-refractivity contribution is -0.274. The Morgan fingerprint density at radius 1 is 1.25 bits per heavy atom. The van der Waals surface area contributed by atoms with E-state index in [0.29, 0.717) is 29.0 Å². The summed E-state index contributed by atoms with van der Waals surface area (Å²) in [4.78, 5) is 15.6. The minimum atomic E-state index is -4.72. The standard InChI is InChI=1S/C17H13F3N2O2/c1-10-8-13(15-16(14(10)9-23)22-7-6-21-15)11-2-4-12(5-3-11)24-17(18,19)20/h2-5,7-9,21H,6H2,1H3. The molecule has 4 nitrogen and oxygen atoms in total. The average molecular weight is 334 g/mol. The second-order valence-electron chi connectivity index (χ2n) is 5.26. The van der Waals surface area contributed by atoms with E-state index in [0.717, 1.165) is 17.4 Å². The van der Waals surface area contributed by atoms with E-state index in [1.165, 1.54) is 24.3 Å². The van der Waals surface area contributed by atoms with Crippen LogP contribution < -0.4 is 10.1 Å². The maximum atomic E-state index is 12.2. The summed E-state index contributed by atoms with van der Waals surface area (Å²) in [5.74, 6) is -0.285. The number of hydrogen-bond acceptors (Lipinski definition) is 4. The summed E-state index contributed by atoms with van der Waals surface area (Å²) < 4.78 is 40.6. The molecule has 0 saturated carbocycles. The minimum Gasteiger partial charge on any atom is -0.406 e. The van der Waals surface area contributed by atoms with Crippen molar-refractivity contribution < 1.29 is 22.7 Å². The van der Waals surface area contributed by atoms with Gasteiger partial charge >= 0.3 is 6.36 Å². The molecular weight excluding hydrogens is 321 g/mol. The summed E-state index contributed by atoms with van der Waals surface area (Å²) >= 11 is 0. The molecule has 0 bridgehead atoms. The molecule has 24 heavy (non-hydrogen) atoms. The van der Waals surface area contributed by atoms with Crippen LogP contribution in [-0.4, -0.2) is 25.4 Å². The molecule has 0 aromatic heterocycles. The van der Waals surface area contributed by atoms with E-state index < -0.39 is 6.36 Å². The molecule has 0 fully saturated rings. The van der Waals surface area contributed by atoms with Crippen molar-refractivity contribution in [1.82, 2.24) is 0 Å². The maximum Gasteiger partial charge on any atom is 0.573 e. The van der Waals surface area contributed by atoms with Crippen molar-refractivity contribution in [3.05, 3.63) is 41.5 Å². The molecule has 3 rings (SSSR count). The van der Waals surface area contributed by atoms with E-state index in [1.807, 2.05) is 6.07 Å². The van der Waals surface area contributed by atoms with Crippen LogP contribution in [0.3, 0.4) is 0 Å². The lowest BCUT2D eigenvalue weighted by Gasteiger charge is -2.20. The maximum absolute atomic E-state index is 12.2. The molecule has 1 aliphatic heterocycles. The van der Waals surface area contributed by atoms with E-state index in [9.17, 15) is 18.0 Å². The van der Waals surface area contributed by atoms with Crippen molar-refractivity contribution in [2.75, 3.05) is 11.9 Å². The zero-order chi connectivity index (χ0) is 17.3. The summed E-state index contributed by atoms with van der Waals surface area (Å²) in [5, 5.41) is 3.17. The molecule has 0 amide bonds. The lowest BCUT2D eigenvalue weighted by atomic mass is 9.95. The Labute approximate surface area is 136 Å². The van der Waals surface area contributed by atoms with Gasteiger partial charge in [-0.1, -0.05) is 12.1 Å². The Kier molecular flexibility index (Phi) is 4.01. The van der Waals surface area contributed by atoms with Gasteiger partial charge in [0.1, 0.15) is 5.75 Å². The molecule has 1 heterocycles. The first kappa shape index (κ1) is 16.0. The molecule has 0 unspecified atom stereocenters. The van der Waals surface area contributed by atoms with Crippen LogP contribution in [-0.2, 0) is 0 Å². The predicted molar refractivity (Wildman–Crippen MR) is 85.3 cm³/mol. The number of benzene rings is 2. The number of ether oxygens (including phenoxy) is 1. The van der Waals surface area contributed by atoms with E-state index in [-0.39, 0.29) is 5.75 Å². The smallest absolute Gasteiger partial charge is 0.406 e. The number of aldehydes is 1. The third kappa shape index (κ3) is 3.10. The van der Waals surface area contributed by atoms with Crippen molar-refractivity contribution in [2.45, 2.75) is 13.3 Å². The number of carbonyl (C=O) groups is 1. The molecule has 0 spiro atoms. The van der Waals surface area contributed by atoms with Crippen LogP contribution in [0.25, 0.3) is 11.1 Å². The van der Waals surface area contributed by atoms with E-state index >= 15 is 0 Å². The fraction of sp³-hybridized carbons (Fsp3) is 0.176. The summed E-state index contributed by atoms with van der Waals surface area (Å²) in [6, 6.07) is 7.40. The van der Waals surface area contributed by atoms with Crippen molar-refractivity contribution in [3.8, 4) is 16.9 Å². The van der Waals surface area contributed by atoms with Gasteiger partial charge in [0, 0.05) is 17.3 Å². The Bertz CT molecular complexity index is 812. The number of rotatable bonds is 3. The third-order valence-corrected chi connectivity index (χ3v) is 3.65. The van der Waals surface area contributed by atoms with Crippen LogP contribution in [0.4, 0.5) is 24.5 Å². The highest BCUT2D eigenvalue weighted by Gasteiger charge is 2.31. The van der Waals surface area contributed by atoms with E-state index in [4.69, 9.17) is 0 Å². The molecule has 2 aromatic carbocycles. The van der Waals surface area contributed by atoms with Crippen molar-refractivity contribution in [1.29, 1.82) is 0 Å². The van der Waals surface area contributed by atoms with E-state index in [1.54, 1.807) is 13.1 Å². The van der Waals surface area contributed by atoms with Gasteiger partial charge in [0.25, 0.3) is 0 Å². The van der Waals surface area contributed by atoms with Crippen molar-refractivity contribution in [3.63, 3.8) is 0 Å². The number of fused-ring (bicyclic) bond motifs is 1. The third-order valence-electron chi connectivity index (χ3n) is 3.65. The summed E-state index contributed by atoms with van der Waals surface area (Å²) in [5.41, 5.74) is 3.94. The number of alkyl halides is 3. The monoisotopic (exact) mass is 334 g/mol. The Morgan fingerprint density at radius 2 is 1.96 bits per heavy atom. The number of hydrogen-bond donors (Lipinski definition) is 1.